The number of hydrogen-bond acceptors (Lipinski definition) is 2. The Morgan fingerprint density at radius 3 is 2.54 bits per heavy atom. The molecule has 3 nitrogen and oxygen atoms in total. The van der Waals surface area contributed by atoms with Gasteiger partial charge in [-0.05, 0) is 17.5 Å². The number of pyridine rings is 1. The summed E-state index contributed by atoms with van der Waals surface area (Å²) in [5.41, 5.74) is 1.20. The summed E-state index contributed by atoms with van der Waals surface area (Å²) < 4.78 is 30.2. The molecule has 0 fully saturated rings. The number of aliphatic imine (C=N–C) groups is 1. The van der Waals surface area contributed by atoms with Crippen LogP contribution in [0.4, 0.5) is 14.3 Å². The van der Waals surface area contributed by atoms with E-state index < -0.39 is 7.47 Å². The molecule has 0 radical (unpaired) electrons. The summed E-state index contributed by atoms with van der Waals surface area (Å²) in [5, 5.41) is 1.47. The van der Waals surface area contributed by atoms with Crippen LogP contribution in [0.3, 0.4) is 0 Å². The zero-order valence-corrected chi connectivity index (χ0v) is 13.5. The standard InChI is InChI=1S/C16H11BF2N2O.C2H6/c18-17(19)22-16-13(10-21-14-5-3-9-20-11-14)8-7-12-4-1-2-6-15(12)16;1-2/h1-11H;1-2H3/p+1. The van der Waals surface area contributed by atoms with Gasteiger partial charge in [-0.2, -0.15) is 0 Å². The Kier molecular flexibility index (Phi) is 6.43. The van der Waals surface area contributed by atoms with E-state index >= 15 is 0 Å². The monoisotopic (exact) mass is 327 g/mol. The summed E-state index contributed by atoms with van der Waals surface area (Å²) in [4.78, 5) is 7.18. The van der Waals surface area contributed by atoms with E-state index in [9.17, 15) is 8.63 Å². The summed E-state index contributed by atoms with van der Waals surface area (Å²) in [6.45, 7) is 4.00. The Labute approximate surface area is 140 Å². The number of H-pyrrole nitrogens is 1. The van der Waals surface area contributed by atoms with Crippen LogP contribution in [0.1, 0.15) is 19.4 Å². The Bertz CT molecular complexity index is 810. The van der Waals surface area contributed by atoms with Crippen LogP contribution in [0.5, 0.6) is 5.75 Å². The molecule has 0 atom stereocenters. The van der Waals surface area contributed by atoms with Gasteiger partial charge in [-0.1, -0.05) is 44.2 Å². The van der Waals surface area contributed by atoms with Crippen molar-refractivity contribution in [3.05, 3.63) is 66.5 Å². The summed E-state index contributed by atoms with van der Waals surface area (Å²) in [5.74, 6) is 0.136. The number of nitrogens with zero attached hydrogens (tertiary/aromatic N) is 1. The zero-order valence-electron chi connectivity index (χ0n) is 13.5. The summed E-state index contributed by atoms with van der Waals surface area (Å²) in [6.07, 6.45) is 5.00. The molecule has 0 spiro atoms. The molecule has 0 aliphatic rings. The van der Waals surface area contributed by atoms with Gasteiger partial charge in [0.1, 0.15) is 11.4 Å². The number of hydrogen-bond donors (Lipinski definition) is 0. The van der Waals surface area contributed by atoms with Crippen molar-refractivity contribution in [1.82, 2.24) is 0 Å². The highest BCUT2D eigenvalue weighted by atomic mass is 19.2. The van der Waals surface area contributed by atoms with Gasteiger partial charge in [-0.15, -0.1) is 0 Å². The van der Waals surface area contributed by atoms with Crippen molar-refractivity contribution >= 4 is 30.1 Å². The molecular formula is C18H18BF2N2O+. The van der Waals surface area contributed by atoms with Gasteiger partial charge in [0.05, 0.1) is 0 Å². The fourth-order valence-electron chi connectivity index (χ4n) is 2.19. The van der Waals surface area contributed by atoms with Crippen LogP contribution in [-0.2, 0) is 0 Å². The molecule has 2 aromatic carbocycles. The second kappa shape index (κ2) is 8.77. The van der Waals surface area contributed by atoms with E-state index in [1.165, 1.54) is 6.21 Å². The lowest BCUT2D eigenvalue weighted by Gasteiger charge is -2.10. The van der Waals surface area contributed by atoms with E-state index in [4.69, 9.17) is 4.65 Å². The average Bonchev–Trinajstić information content (AvgIpc) is 2.63. The maximum Gasteiger partial charge on any atom is 0.796 e. The minimum atomic E-state index is -2.89. The van der Waals surface area contributed by atoms with Crippen LogP contribution in [0.25, 0.3) is 10.8 Å². The topological polar surface area (TPSA) is 35.7 Å². The van der Waals surface area contributed by atoms with Gasteiger partial charge in [0.25, 0.3) is 0 Å². The van der Waals surface area contributed by atoms with Gasteiger partial charge in [-0.25, -0.2) is 18.6 Å². The molecule has 1 aromatic heterocycles. The van der Waals surface area contributed by atoms with E-state index in [2.05, 4.69) is 9.98 Å². The average molecular weight is 327 g/mol. The van der Waals surface area contributed by atoms with Gasteiger partial charge in [-0.3, -0.25) is 0 Å². The van der Waals surface area contributed by atoms with Gasteiger partial charge >= 0.3 is 7.47 Å². The minimum absolute atomic E-state index is 0.136. The fraction of sp³-hybridized carbons (Fsp3) is 0.111. The Morgan fingerprint density at radius 2 is 1.83 bits per heavy atom. The predicted molar refractivity (Wildman–Crippen MR) is 94.1 cm³/mol. The van der Waals surface area contributed by atoms with Crippen molar-refractivity contribution < 1.29 is 18.3 Å². The van der Waals surface area contributed by atoms with E-state index in [1.807, 2.05) is 44.2 Å². The maximum atomic E-state index is 12.7. The normalized spacial score (nSPS) is 10.3. The van der Waals surface area contributed by atoms with E-state index in [0.29, 0.717) is 16.6 Å². The lowest BCUT2D eigenvalue weighted by Crippen LogP contribution is -2.10. The first-order valence-corrected chi connectivity index (χ1v) is 7.71. The minimum Gasteiger partial charge on any atom is -0.504 e. The lowest BCUT2D eigenvalue weighted by atomic mass is 10.1. The zero-order chi connectivity index (χ0) is 17.4. The van der Waals surface area contributed by atoms with E-state index in [-0.39, 0.29) is 5.75 Å². The largest absolute Gasteiger partial charge is 0.796 e. The Balaban J connectivity index is 0.00000100. The van der Waals surface area contributed by atoms with Crippen LogP contribution in [0, 0.1) is 0 Å². The first kappa shape index (κ1) is 17.6. The van der Waals surface area contributed by atoms with Crippen molar-refractivity contribution in [2.24, 2.45) is 4.99 Å². The lowest BCUT2D eigenvalue weighted by molar-refractivity contribution is -0.377. The quantitative estimate of drug-likeness (QED) is 0.504. The molecule has 24 heavy (non-hydrogen) atoms. The van der Waals surface area contributed by atoms with E-state index in [1.54, 1.807) is 30.6 Å². The fourth-order valence-corrected chi connectivity index (χ4v) is 2.19. The second-order valence-corrected chi connectivity index (χ2v) is 4.60. The highest BCUT2D eigenvalue weighted by Crippen LogP contribution is 2.30. The molecule has 0 aliphatic heterocycles. The molecule has 1 N–H and O–H groups in total. The van der Waals surface area contributed by atoms with Crippen molar-refractivity contribution in [1.29, 1.82) is 0 Å². The Morgan fingerprint density at radius 1 is 1.04 bits per heavy atom. The van der Waals surface area contributed by atoms with Gasteiger partial charge in [0.2, 0.25) is 0 Å². The third-order valence-corrected chi connectivity index (χ3v) is 3.16. The van der Waals surface area contributed by atoms with Crippen LogP contribution < -0.4 is 9.64 Å². The maximum absolute atomic E-state index is 12.7. The summed E-state index contributed by atoms with van der Waals surface area (Å²) in [6, 6.07) is 14.4. The van der Waals surface area contributed by atoms with Crippen LogP contribution in [0.2, 0.25) is 0 Å². The highest BCUT2D eigenvalue weighted by molar-refractivity contribution is 6.36. The number of aromatic nitrogens is 1. The van der Waals surface area contributed by atoms with Crippen molar-refractivity contribution in [2.45, 2.75) is 13.8 Å². The third kappa shape index (κ3) is 4.38. The van der Waals surface area contributed by atoms with Gasteiger partial charge in [0.15, 0.2) is 12.4 Å². The summed E-state index contributed by atoms with van der Waals surface area (Å²) >= 11 is 0. The van der Waals surface area contributed by atoms with E-state index in [0.717, 1.165) is 5.39 Å². The molecule has 0 saturated carbocycles. The number of benzene rings is 2. The van der Waals surface area contributed by atoms with Crippen molar-refractivity contribution in [3.63, 3.8) is 0 Å². The number of rotatable bonds is 4. The van der Waals surface area contributed by atoms with Crippen LogP contribution in [-0.4, -0.2) is 13.7 Å². The first-order chi connectivity index (χ1) is 11.7. The molecule has 6 heteroatoms. The molecule has 0 unspecified atom stereocenters. The summed E-state index contributed by atoms with van der Waals surface area (Å²) in [7, 11) is -2.89. The molecule has 0 amide bonds. The SMILES string of the molecule is CC.FB(F)Oc1c(C=Nc2ccc[nH+]c2)ccc2ccccc12. The molecule has 3 rings (SSSR count). The molecule has 0 aliphatic carbocycles. The predicted octanol–water partition coefficient (Wildman–Crippen LogP) is 4.73. The van der Waals surface area contributed by atoms with Gasteiger partial charge in [0, 0.05) is 23.2 Å². The number of halogens is 2. The first-order valence-electron chi connectivity index (χ1n) is 7.71. The smallest absolute Gasteiger partial charge is 0.504 e. The van der Waals surface area contributed by atoms with Crippen LogP contribution >= 0.6 is 0 Å². The second-order valence-electron chi connectivity index (χ2n) is 4.60. The molecule has 122 valence electrons. The molecule has 1 heterocycles. The third-order valence-electron chi connectivity index (χ3n) is 3.16. The number of fused-ring (bicyclic) bond motifs is 1. The Hall–Kier alpha value is -2.76. The van der Waals surface area contributed by atoms with Crippen molar-refractivity contribution in [2.75, 3.05) is 0 Å². The highest BCUT2D eigenvalue weighted by Gasteiger charge is 2.21. The number of nitrogens with one attached hydrogen (secondary N) is 1. The number of aromatic amines is 1. The molecule has 0 bridgehead atoms. The van der Waals surface area contributed by atoms with Gasteiger partial charge < -0.3 is 4.65 Å². The molecular weight excluding hydrogens is 309 g/mol. The van der Waals surface area contributed by atoms with Crippen LogP contribution in [0.15, 0.2) is 65.9 Å². The molecule has 0 saturated heterocycles. The molecule has 3 aromatic rings. The van der Waals surface area contributed by atoms with Crippen molar-refractivity contribution in [3.8, 4) is 5.75 Å².